The van der Waals surface area contributed by atoms with E-state index in [1.54, 1.807) is 67.1 Å². The third-order valence-corrected chi connectivity index (χ3v) is 14.3. The fourth-order valence-corrected chi connectivity index (χ4v) is 10.6. The largest absolute Gasteiger partial charge is 0.376 e. The molecule has 0 aliphatic rings. The molecule has 0 spiro atoms. The van der Waals surface area contributed by atoms with Gasteiger partial charge < -0.3 is 10.2 Å². The summed E-state index contributed by atoms with van der Waals surface area (Å²) in [7, 11) is 1.91. The molecule has 0 bridgehead atoms. The second-order valence-electron chi connectivity index (χ2n) is 17.0. The average Bonchev–Trinajstić information content (AvgIpc) is 3.71. The summed E-state index contributed by atoms with van der Waals surface area (Å²) in [4.78, 5) is 19.2. The molecule has 5 aromatic heterocycles. The molecule has 8 nitrogen and oxygen atoms in total. The molecule has 5 aromatic carbocycles. The molecule has 0 fully saturated rings. The number of pyridine rings is 4. The first-order chi connectivity index (χ1) is 32.1. The highest BCUT2D eigenvalue weighted by Crippen LogP contribution is 2.44. The van der Waals surface area contributed by atoms with Gasteiger partial charge >= 0.3 is 0 Å². The number of benzene rings is 5. The topological polar surface area (TPSA) is 110 Å². The lowest BCUT2D eigenvalue weighted by Gasteiger charge is -2.31. The second-order valence-corrected chi connectivity index (χ2v) is 19.0. The lowest BCUT2D eigenvalue weighted by molar-refractivity contribution is 0.125. The Balaban J connectivity index is 1.06. The summed E-state index contributed by atoms with van der Waals surface area (Å²) in [6, 6.07) is 36.8. The van der Waals surface area contributed by atoms with Crippen LogP contribution in [0.15, 0.2) is 146 Å². The molecule has 0 saturated heterocycles. The number of aromatic nitrogens is 6. The molecule has 13 heteroatoms. The van der Waals surface area contributed by atoms with Gasteiger partial charge in [0.25, 0.3) is 0 Å². The Morgan fingerprint density at radius 2 is 1.18 bits per heavy atom. The number of aryl methyl sites for hydroxylation is 1. The maximum atomic E-state index is 13.1. The molecular weight excluding hydrogens is 942 g/mol. The third-order valence-electron chi connectivity index (χ3n) is 12.6. The van der Waals surface area contributed by atoms with E-state index in [0.717, 1.165) is 33.3 Å². The molecule has 0 radical (unpaired) electrons. The van der Waals surface area contributed by atoms with Crippen molar-refractivity contribution >= 4 is 90.7 Å². The van der Waals surface area contributed by atoms with Crippen LogP contribution in [0.25, 0.3) is 55.2 Å². The summed E-state index contributed by atoms with van der Waals surface area (Å²) in [6.07, 6.45) is 6.76. The molecule has 2 unspecified atom stereocenters. The zero-order chi connectivity index (χ0) is 46.9. The monoisotopic (exact) mass is 978 g/mol. The summed E-state index contributed by atoms with van der Waals surface area (Å²) in [5.74, 6) is 0.00946. The molecule has 5 heterocycles. The zero-order valence-corrected chi connectivity index (χ0v) is 40.2. The van der Waals surface area contributed by atoms with Crippen molar-refractivity contribution in [2.45, 2.75) is 37.9 Å². The van der Waals surface area contributed by atoms with Crippen LogP contribution in [0.3, 0.4) is 0 Å². The number of hydrogen-bond donors (Lipinski definition) is 2. The highest BCUT2D eigenvalue weighted by Gasteiger charge is 2.37. The number of halogens is 5. The molecule has 67 heavy (non-hydrogen) atoms. The minimum atomic E-state index is -1.76. The molecule has 10 aromatic rings. The Labute approximate surface area is 411 Å². The van der Waals surface area contributed by atoms with Crippen molar-refractivity contribution in [2.75, 3.05) is 0 Å². The first-order valence-corrected chi connectivity index (χ1v) is 23.2. The summed E-state index contributed by atoms with van der Waals surface area (Å²) >= 11 is 34.0. The molecule has 332 valence electrons. The lowest BCUT2D eigenvalue weighted by atomic mass is 9.79. The van der Waals surface area contributed by atoms with Gasteiger partial charge in [-0.2, -0.15) is 5.10 Å². The van der Waals surface area contributed by atoms with Crippen LogP contribution < -0.4 is 0 Å². The Morgan fingerprint density at radius 1 is 0.567 bits per heavy atom. The van der Waals surface area contributed by atoms with Crippen LogP contribution in [0, 0.1) is 6.92 Å². The van der Waals surface area contributed by atoms with Crippen molar-refractivity contribution in [2.24, 2.45) is 7.05 Å². The highest BCUT2D eigenvalue weighted by molar-refractivity contribution is 6.39. The summed E-state index contributed by atoms with van der Waals surface area (Å²) < 4.78 is 1.83. The van der Waals surface area contributed by atoms with Crippen LogP contribution >= 0.6 is 58.0 Å². The molecule has 0 aliphatic heterocycles. The molecular formula is C54H39Cl5N6O2. The van der Waals surface area contributed by atoms with E-state index in [9.17, 15) is 10.2 Å². The molecule has 0 aliphatic carbocycles. The minimum absolute atomic E-state index is 0.00946. The van der Waals surface area contributed by atoms with Crippen molar-refractivity contribution < 1.29 is 10.2 Å². The van der Waals surface area contributed by atoms with E-state index in [-0.39, 0.29) is 5.92 Å². The predicted octanol–water partition coefficient (Wildman–Crippen LogP) is 14.1. The van der Waals surface area contributed by atoms with Gasteiger partial charge in [0.2, 0.25) is 0 Å². The van der Waals surface area contributed by atoms with E-state index in [0.29, 0.717) is 91.7 Å². The van der Waals surface area contributed by atoms with E-state index >= 15 is 0 Å². The van der Waals surface area contributed by atoms with Gasteiger partial charge in [0.1, 0.15) is 16.4 Å². The van der Waals surface area contributed by atoms with Crippen LogP contribution in [-0.4, -0.2) is 39.9 Å². The van der Waals surface area contributed by atoms with E-state index in [4.69, 9.17) is 68.0 Å². The standard InChI is InChI=1S/C54H39Cl5N6O2/c1-29(2)48-50(58)43-24-37(14-18-46(43)64-52(48)59)54(67,35-8-6-10-41(56)22-35)39-19-33(25-60-27-39)44-16-15-38(28-61-44)53(66,34-7-5-9-40(55)21-34)36-13-17-45-42(23-36)49(57)30(3)51(63-45)31-11-12-32-26-62-65(4)47(32)20-31/h5-29,66-67H,1-4H3. The molecule has 0 saturated carbocycles. The van der Waals surface area contributed by atoms with Crippen LogP contribution in [0.5, 0.6) is 0 Å². The summed E-state index contributed by atoms with van der Waals surface area (Å²) in [5.41, 5.74) is 6.12. The lowest BCUT2D eigenvalue weighted by Crippen LogP contribution is -2.29. The quantitative estimate of drug-likeness (QED) is 0.139. The normalized spacial score (nSPS) is 13.7. The SMILES string of the molecule is Cc1c(-c2ccc3cnn(C)c3c2)nc2ccc(C(O)(c3ccc(-c4cncc(C(O)(c5cccc(Cl)c5)c5ccc6nc(Cl)c(C(C)C)c(Cl)c6c5)c4)nc3)c3cccc(Cl)c3)cc2c1Cl. The Bertz CT molecular complexity index is 3600. The number of aliphatic hydroxyl groups is 2. The molecule has 2 atom stereocenters. The van der Waals surface area contributed by atoms with E-state index < -0.39 is 11.2 Å². The Kier molecular flexibility index (Phi) is 11.6. The predicted molar refractivity (Wildman–Crippen MR) is 272 cm³/mol. The van der Waals surface area contributed by atoms with Gasteiger partial charge in [-0.25, -0.2) is 9.97 Å². The summed E-state index contributed by atoms with van der Waals surface area (Å²) in [5, 5.41) is 35.2. The van der Waals surface area contributed by atoms with Gasteiger partial charge in [0.05, 0.1) is 44.2 Å². The van der Waals surface area contributed by atoms with Gasteiger partial charge in [-0.05, 0) is 107 Å². The highest BCUT2D eigenvalue weighted by atomic mass is 35.5. The average molecular weight is 981 g/mol. The van der Waals surface area contributed by atoms with Gasteiger partial charge in [-0.3, -0.25) is 14.6 Å². The number of rotatable bonds is 9. The van der Waals surface area contributed by atoms with E-state index in [2.05, 4.69) is 21.1 Å². The van der Waals surface area contributed by atoms with Gasteiger partial charge in [0, 0.05) is 79.7 Å². The molecule has 10 rings (SSSR count). The Hall–Kier alpha value is -5.94. The van der Waals surface area contributed by atoms with E-state index in [1.165, 1.54) is 0 Å². The number of fused-ring (bicyclic) bond motifs is 3. The van der Waals surface area contributed by atoms with Crippen LogP contribution in [0.2, 0.25) is 25.2 Å². The van der Waals surface area contributed by atoms with Crippen molar-refractivity contribution in [1.29, 1.82) is 0 Å². The third kappa shape index (κ3) is 7.71. The fraction of sp³-hybridized carbons (Fsp3) is 0.130. The second kappa shape index (κ2) is 17.3. The van der Waals surface area contributed by atoms with Crippen LogP contribution in [-0.2, 0) is 18.2 Å². The van der Waals surface area contributed by atoms with Crippen molar-refractivity contribution in [3.63, 3.8) is 0 Å². The Morgan fingerprint density at radius 3 is 1.81 bits per heavy atom. The smallest absolute Gasteiger partial charge is 0.142 e. The van der Waals surface area contributed by atoms with E-state index in [1.807, 2.05) is 105 Å². The van der Waals surface area contributed by atoms with Crippen LogP contribution in [0.4, 0.5) is 0 Å². The van der Waals surface area contributed by atoms with Gasteiger partial charge in [-0.1, -0.05) is 126 Å². The van der Waals surface area contributed by atoms with Crippen molar-refractivity contribution in [1.82, 2.24) is 29.7 Å². The minimum Gasteiger partial charge on any atom is -0.376 e. The van der Waals surface area contributed by atoms with Gasteiger partial charge in [0.15, 0.2) is 0 Å². The van der Waals surface area contributed by atoms with Crippen LogP contribution in [0.1, 0.15) is 64.3 Å². The first kappa shape index (κ1) is 44.9. The maximum Gasteiger partial charge on any atom is 0.142 e. The number of hydrogen-bond acceptors (Lipinski definition) is 7. The fourth-order valence-electron chi connectivity index (χ4n) is 9.03. The zero-order valence-electron chi connectivity index (χ0n) is 36.4. The van der Waals surface area contributed by atoms with Gasteiger partial charge in [-0.15, -0.1) is 0 Å². The van der Waals surface area contributed by atoms with Crippen molar-refractivity contribution in [3.05, 3.63) is 216 Å². The maximum absolute atomic E-state index is 13.1. The number of nitrogens with zero attached hydrogens (tertiary/aromatic N) is 6. The molecule has 2 N–H and O–H groups in total. The van der Waals surface area contributed by atoms with Crippen molar-refractivity contribution in [3.8, 4) is 22.5 Å². The summed E-state index contributed by atoms with van der Waals surface area (Å²) in [6.45, 7) is 5.95. The first-order valence-electron chi connectivity index (χ1n) is 21.4. The molecule has 0 amide bonds.